The van der Waals surface area contributed by atoms with Gasteiger partial charge in [0.1, 0.15) is 5.82 Å². The third-order valence-corrected chi connectivity index (χ3v) is 3.66. The number of nitrogens with zero attached hydrogens (tertiary/aromatic N) is 3. The maximum atomic E-state index is 12.2. The van der Waals surface area contributed by atoms with Gasteiger partial charge in [-0.2, -0.15) is 0 Å². The maximum Gasteiger partial charge on any atom is 0.254 e. The molecule has 0 saturated carbocycles. The zero-order valence-corrected chi connectivity index (χ0v) is 11.7. The number of alkyl halides is 1. The van der Waals surface area contributed by atoms with E-state index >= 15 is 0 Å². The van der Waals surface area contributed by atoms with E-state index in [0.29, 0.717) is 18.2 Å². The Kier molecular flexibility index (Phi) is 3.80. The molecule has 0 atom stereocenters. The standard InChI is InChI=1S/C14H15ClN4O/c15-4-7-19-6-3-11-12(9-19)17-13(18-14(11)20)10-2-1-5-16-8-10/h1-2,5,8H,3-4,6-7,9H2,(H,17,18,20). The SMILES string of the molecule is O=c1[nH]c(-c2cccnc2)nc2c1CCN(CCCl)C2. The number of hydrogen-bond donors (Lipinski definition) is 1. The second kappa shape index (κ2) is 5.73. The molecule has 0 spiro atoms. The van der Waals surface area contributed by atoms with Crippen molar-refractivity contribution in [3.63, 3.8) is 0 Å². The molecule has 0 amide bonds. The first-order chi connectivity index (χ1) is 9.78. The highest BCUT2D eigenvalue weighted by Crippen LogP contribution is 2.17. The molecule has 104 valence electrons. The monoisotopic (exact) mass is 290 g/mol. The van der Waals surface area contributed by atoms with Gasteiger partial charge in [0, 0.05) is 49.0 Å². The van der Waals surface area contributed by atoms with E-state index in [0.717, 1.165) is 36.3 Å². The largest absolute Gasteiger partial charge is 0.306 e. The zero-order chi connectivity index (χ0) is 13.9. The van der Waals surface area contributed by atoms with Gasteiger partial charge in [0.25, 0.3) is 5.56 Å². The molecule has 1 N–H and O–H groups in total. The van der Waals surface area contributed by atoms with E-state index in [1.54, 1.807) is 12.4 Å². The van der Waals surface area contributed by atoms with E-state index in [1.807, 2.05) is 12.1 Å². The first-order valence-electron chi connectivity index (χ1n) is 6.58. The number of nitrogens with one attached hydrogen (secondary N) is 1. The lowest BCUT2D eigenvalue weighted by Gasteiger charge is -2.26. The summed E-state index contributed by atoms with van der Waals surface area (Å²) in [5.74, 6) is 1.17. The van der Waals surface area contributed by atoms with Crippen LogP contribution in [0.25, 0.3) is 11.4 Å². The molecular formula is C14H15ClN4O. The number of rotatable bonds is 3. The summed E-state index contributed by atoms with van der Waals surface area (Å²) in [4.78, 5) is 25.9. The Bertz CT molecular complexity index is 656. The van der Waals surface area contributed by atoms with Gasteiger partial charge in [-0.15, -0.1) is 11.6 Å². The quantitative estimate of drug-likeness (QED) is 0.869. The van der Waals surface area contributed by atoms with Crippen LogP contribution in [0.3, 0.4) is 0 Å². The lowest BCUT2D eigenvalue weighted by molar-refractivity contribution is 0.264. The normalized spacial score (nSPS) is 15.1. The molecule has 0 bridgehead atoms. The molecule has 3 rings (SSSR count). The van der Waals surface area contributed by atoms with Gasteiger partial charge in [-0.1, -0.05) is 0 Å². The summed E-state index contributed by atoms with van der Waals surface area (Å²) in [7, 11) is 0. The molecule has 2 aromatic rings. The Morgan fingerprint density at radius 2 is 2.35 bits per heavy atom. The molecule has 0 aliphatic carbocycles. The van der Waals surface area contributed by atoms with Crippen molar-refractivity contribution in [1.29, 1.82) is 0 Å². The van der Waals surface area contributed by atoms with Gasteiger partial charge < -0.3 is 4.98 Å². The van der Waals surface area contributed by atoms with E-state index < -0.39 is 0 Å². The fraction of sp³-hybridized carbons (Fsp3) is 0.357. The summed E-state index contributed by atoms with van der Waals surface area (Å²) >= 11 is 5.78. The van der Waals surface area contributed by atoms with Crippen molar-refractivity contribution >= 4 is 11.6 Å². The van der Waals surface area contributed by atoms with Crippen LogP contribution in [-0.4, -0.2) is 38.8 Å². The molecule has 0 fully saturated rings. The minimum atomic E-state index is -0.0422. The Balaban J connectivity index is 1.99. The number of hydrogen-bond acceptors (Lipinski definition) is 4. The average molecular weight is 291 g/mol. The van der Waals surface area contributed by atoms with Crippen molar-refractivity contribution in [2.45, 2.75) is 13.0 Å². The van der Waals surface area contributed by atoms with Crippen molar-refractivity contribution in [3.8, 4) is 11.4 Å². The first-order valence-corrected chi connectivity index (χ1v) is 7.12. The number of H-pyrrole nitrogens is 1. The lowest BCUT2D eigenvalue weighted by Crippen LogP contribution is -2.36. The number of aromatic nitrogens is 3. The third kappa shape index (κ3) is 2.59. The van der Waals surface area contributed by atoms with Gasteiger partial charge in [-0.05, 0) is 18.6 Å². The fourth-order valence-electron chi connectivity index (χ4n) is 2.44. The van der Waals surface area contributed by atoms with Gasteiger partial charge in [0.15, 0.2) is 0 Å². The summed E-state index contributed by atoms with van der Waals surface area (Å²) in [6.45, 7) is 2.35. The lowest BCUT2D eigenvalue weighted by atomic mass is 10.1. The van der Waals surface area contributed by atoms with Crippen LogP contribution in [0.2, 0.25) is 0 Å². The van der Waals surface area contributed by atoms with Crippen LogP contribution in [0.4, 0.5) is 0 Å². The fourth-order valence-corrected chi connectivity index (χ4v) is 2.68. The highest BCUT2D eigenvalue weighted by Gasteiger charge is 2.20. The molecule has 0 aromatic carbocycles. The van der Waals surface area contributed by atoms with Crippen molar-refractivity contribution < 1.29 is 0 Å². The maximum absolute atomic E-state index is 12.2. The second-order valence-corrected chi connectivity index (χ2v) is 5.17. The zero-order valence-electron chi connectivity index (χ0n) is 11.0. The number of fused-ring (bicyclic) bond motifs is 1. The molecule has 1 aliphatic rings. The van der Waals surface area contributed by atoms with E-state index in [2.05, 4.69) is 19.9 Å². The summed E-state index contributed by atoms with van der Waals surface area (Å²) < 4.78 is 0. The molecule has 2 aromatic heterocycles. The molecule has 6 heteroatoms. The van der Waals surface area contributed by atoms with Crippen molar-refractivity contribution in [2.24, 2.45) is 0 Å². The molecule has 0 radical (unpaired) electrons. The van der Waals surface area contributed by atoms with Crippen LogP contribution in [0.5, 0.6) is 0 Å². The highest BCUT2D eigenvalue weighted by atomic mass is 35.5. The molecule has 0 saturated heterocycles. The third-order valence-electron chi connectivity index (χ3n) is 3.49. The van der Waals surface area contributed by atoms with Crippen LogP contribution in [0.15, 0.2) is 29.3 Å². The van der Waals surface area contributed by atoms with Crippen LogP contribution < -0.4 is 5.56 Å². The summed E-state index contributed by atoms with van der Waals surface area (Å²) in [6, 6.07) is 3.71. The Hall–Kier alpha value is -1.72. The highest BCUT2D eigenvalue weighted by molar-refractivity contribution is 6.18. The van der Waals surface area contributed by atoms with Gasteiger partial charge in [0.2, 0.25) is 0 Å². The van der Waals surface area contributed by atoms with Crippen molar-refractivity contribution in [2.75, 3.05) is 19.0 Å². The van der Waals surface area contributed by atoms with E-state index in [9.17, 15) is 4.79 Å². The van der Waals surface area contributed by atoms with E-state index in [-0.39, 0.29) is 5.56 Å². The van der Waals surface area contributed by atoms with Crippen molar-refractivity contribution in [1.82, 2.24) is 19.9 Å². The van der Waals surface area contributed by atoms with Crippen LogP contribution in [-0.2, 0) is 13.0 Å². The van der Waals surface area contributed by atoms with Crippen LogP contribution in [0.1, 0.15) is 11.3 Å². The number of aromatic amines is 1. The smallest absolute Gasteiger partial charge is 0.254 e. The minimum Gasteiger partial charge on any atom is -0.306 e. The predicted molar refractivity (Wildman–Crippen MR) is 77.8 cm³/mol. The average Bonchev–Trinajstić information content (AvgIpc) is 2.48. The summed E-state index contributed by atoms with van der Waals surface area (Å²) in [5, 5.41) is 0. The van der Waals surface area contributed by atoms with Crippen LogP contribution >= 0.6 is 11.6 Å². The Labute approximate surface area is 121 Å². The molecule has 20 heavy (non-hydrogen) atoms. The summed E-state index contributed by atoms with van der Waals surface area (Å²) in [5.41, 5.74) is 2.42. The van der Waals surface area contributed by atoms with E-state index in [1.165, 1.54) is 0 Å². The molecule has 0 unspecified atom stereocenters. The minimum absolute atomic E-state index is 0.0422. The Morgan fingerprint density at radius 1 is 1.45 bits per heavy atom. The van der Waals surface area contributed by atoms with Crippen molar-refractivity contribution in [3.05, 3.63) is 46.1 Å². The number of halogens is 1. The summed E-state index contributed by atoms with van der Waals surface area (Å²) in [6.07, 6.45) is 4.12. The Morgan fingerprint density at radius 3 is 3.10 bits per heavy atom. The topological polar surface area (TPSA) is 61.9 Å². The second-order valence-electron chi connectivity index (χ2n) is 4.80. The molecular weight excluding hydrogens is 276 g/mol. The van der Waals surface area contributed by atoms with E-state index in [4.69, 9.17) is 11.6 Å². The first kappa shape index (κ1) is 13.3. The number of pyridine rings is 1. The van der Waals surface area contributed by atoms with Gasteiger partial charge in [-0.3, -0.25) is 14.7 Å². The predicted octanol–water partition coefficient (Wildman–Crippen LogP) is 1.43. The van der Waals surface area contributed by atoms with Crippen LogP contribution in [0, 0.1) is 0 Å². The van der Waals surface area contributed by atoms with Gasteiger partial charge in [-0.25, -0.2) is 4.98 Å². The molecule has 5 nitrogen and oxygen atoms in total. The molecule has 3 heterocycles. The molecule has 1 aliphatic heterocycles. The van der Waals surface area contributed by atoms with Gasteiger partial charge >= 0.3 is 0 Å². The van der Waals surface area contributed by atoms with Gasteiger partial charge in [0.05, 0.1) is 5.69 Å².